The van der Waals surface area contributed by atoms with Crippen LogP contribution in [0.15, 0.2) is 12.1 Å². The van der Waals surface area contributed by atoms with E-state index in [9.17, 15) is 0 Å². The van der Waals surface area contributed by atoms with Crippen LogP contribution in [-0.2, 0) is 0 Å². The van der Waals surface area contributed by atoms with E-state index in [1.165, 1.54) is 19.3 Å². The lowest BCUT2D eigenvalue weighted by Gasteiger charge is -2.38. The van der Waals surface area contributed by atoms with E-state index < -0.39 is 0 Å². The molecule has 4 nitrogen and oxygen atoms in total. The molecule has 0 spiro atoms. The van der Waals surface area contributed by atoms with Gasteiger partial charge in [0.15, 0.2) is 0 Å². The van der Waals surface area contributed by atoms with Crippen LogP contribution < -0.4 is 15.8 Å². The highest BCUT2D eigenvalue weighted by Gasteiger charge is 2.31. The number of nitrogen functional groups attached to an aromatic ring is 1. The second-order valence-electron chi connectivity index (χ2n) is 5.04. The fourth-order valence-corrected chi connectivity index (χ4v) is 2.06. The number of pyridine rings is 1. The molecule has 94 valence electrons. The van der Waals surface area contributed by atoms with Gasteiger partial charge >= 0.3 is 0 Å². The molecule has 0 aromatic carbocycles. The van der Waals surface area contributed by atoms with Gasteiger partial charge < -0.3 is 15.8 Å². The summed E-state index contributed by atoms with van der Waals surface area (Å²) in [5.74, 6) is 1.37. The Labute approximate surface area is 103 Å². The van der Waals surface area contributed by atoms with Gasteiger partial charge in [-0.05, 0) is 37.3 Å². The number of anilines is 2. The topological polar surface area (TPSA) is 60.2 Å². The third kappa shape index (κ3) is 2.81. The predicted octanol–water partition coefficient (Wildman–Crippen LogP) is 2.66. The van der Waals surface area contributed by atoms with Gasteiger partial charge in [0.2, 0.25) is 5.88 Å². The summed E-state index contributed by atoms with van der Waals surface area (Å²) in [6, 6.07) is 3.74. The zero-order valence-corrected chi connectivity index (χ0v) is 10.6. The summed E-state index contributed by atoms with van der Waals surface area (Å²) in [4.78, 5) is 4.37. The number of nitrogens with one attached hydrogen (secondary N) is 1. The normalized spacial score (nSPS) is 17.3. The van der Waals surface area contributed by atoms with Crippen molar-refractivity contribution in [2.75, 3.05) is 24.2 Å². The predicted molar refractivity (Wildman–Crippen MR) is 70.3 cm³/mol. The van der Waals surface area contributed by atoms with E-state index in [1.807, 2.05) is 19.1 Å². The largest absolute Gasteiger partial charge is 0.476 e. The minimum Gasteiger partial charge on any atom is -0.476 e. The molecule has 0 radical (unpaired) electrons. The maximum absolute atomic E-state index is 5.78. The molecule has 1 saturated carbocycles. The van der Waals surface area contributed by atoms with Crippen molar-refractivity contribution >= 4 is 11.5 Å². The molecule has 0 unspecified atom stereocenters. The van der Waals surface area contributed by atoms with Gasteiger partial charge in [-0.2, -0.15) is 4.98 Å². The zero-order valence-electron chi connectivity index (χ0n) is 10.6. The van der Waals surface area contributed by atoms with Crippen molar-refractivity contribution in [3.63, 3.8) is 0 Å². The lowest BCUT2D eigenvalue weighted by Crippen LogP contribution is -2.33. The van der Waals surface area contributed by atoms with Crippen LogP contribution >= 0.6 is 0 Å². The van der Waals surface area contributed by atoms with Crippen molar-refractivity contribution in [2.24, 2.45) is 5.41 Å². The number of hydrogen-bond donors (Lipinski definition) is 2. The van der Waals surface area contributed by atoms with Crippen LogP contribution in [0.2, 0.25) is 0 Å². The monoisotopic (exact) mass is 235 g/mol. The Morgan fingerprint density at radius 2 is 2.24 bits per heavy atom. The second-order valence-corrected chi connectivity index (χ2v) is 5.04. The number of hydrogen-bond acceptors (Lipinski definition) is 4. The highest BCUT2D eigenvalue weighted by atomic mass is 16.5. The second kappa shape index (κ2) is 4.82. The van der Waals surface area contributed by atoms with Crippen LogP contribution in [0.25, 0.3) is 0 Å². The summed E-state index contributed by atoms with van der Waals surface area (Å²) < 4.78 is 5.37. The third-order valence-electron chi connectivity index (χ3n) is 3.43. The van der Waals surface area contributed by atoms with Crippen molar-refractivity contribution in [1.82, 2.24) is 4.98 Å². The highest BCUT2D eigenvalue weighted by molar-refractivity contribution is 5.53. The Morgan fingerprint density at radius 1 is 1.47 bits per heavy atom. The Balaban J connectivity index is 1.98. The van der Waals surface area contributed by atoms with Crippen LogP contribution in [0.5, 0.6) is 5.88 Å². The van der Waals surface area contributed by atoms with Crippen LogP contribution in [0.3, 0.4) is 0 Å². The van der Waals surface area contributed by atoms with Gasteiger partial charge in [0.05, 0.1) is 12.3 Å². The quantitative estimate of drug-likeness (QED) is 0.823. The van der Waals surface area contributed by atoms with Crippen LogP contribution in [-0.4, -0.2) is 18.1 Å². The first-order valence-electron chi connectivity index (χ1n) is 6.26. The maximum Gasteiger partial charge on any atom is 0.239 e. The van der Waals surface area contributed by atoms with E-state index in [1.54, 1.807) is 0 Å². The minimum atomic E-state index is 0.439. The molecule has 17 heavy (non-hydrogen) atoms. The lowest BCUT2D eigenvalue weighted by atomic mass is 9.70. The Kier molecular flexibility index (Phi) is 3.41. The maximum atomic E-state index is 5.78. The standard InChI is InChI=1S/C13H21N3O/c1-3-17-12-10(14)5-6-11(16-12)15-9-13(2)7-4-8-13/h5-6H,3-4,7-9,14H2,1-2H3,(H,15,16). The van der Waals surface area contributed by atoms with E-state index in [-0.39, 0.29) is 0 Å². The van der Waals surface area contributed by atoms with Crippen LogP contribution in [0, 0.1) is 5.41 Å². The summed E-state index contributed by atoms with van der Waals surface area (Å²) in [6.45, 7) is 5.79. The molecule has 1 aliphatic carbocycles. The van der Waals surface area contributed by atoms with E-state index in [2.05, 4.69) is 17.2 Å². The van der Waals surface area contributed by atoms with Crippen LogP contribution in [0.4, 0.5) is 11.5 Å². The first-order valence-corrected chi connectivity index (χ1v) is 6.26. The van der Waals surface area contributed by atoms with E-state index in [0.717, 1.165) is 12.4 Å². The fourth-order valence-electron chi connectivity index (χ4n) is 2.06. The molecule has 1 fully saturated rings. The molecule has 3 N–H and O–H groups in total. The van der Waals surface area contributed by atoms with Gasteiger partial charge in [-0.1, -0.05) is 13.3 Å². The number of nitrogens with zero attached hydrogens (tertiary/aromatic N) is 1. The average Bonchev–Trinajstić information content (AvgIpc) is 2.28. The molecular formula is C13H21N3O. The number of nitrogens with two attached hydrogens (primary N) is 1. The van der Waals surface area contributed by atoms with E-state index in [4.69, 9.17) is 10.5 Å². The van der Waals surface area contributed by atoms with E-state index >= 15 is 0 Å². The molecule has 4 heteroatoms. The van der Waals surface area contributed by atoms with Crippen molar-refractivity contribution in [1.29, 1.82) is 0 Å². The molecule has 0 amide bonds. The van der Waals surface area contributed by atoms with Crippen molar-refractivity contribution in [3.8, 4) is 5.88 Å². The smallest absolute Gasteiger partial charge is 0.239 e. The lowest BCUT2D eigenvalue weighted by molar-refractivity contribution is 0.179. The highest BCUT2D eigenvalue weighted by Crippen LogP contribution is 2.40. The number of aromatic nitrogens is 1. The van der Waals surface area contributed by atoms with Gasteiger partial charge in [-0.25, -0.2) is 0 Å². The molecule has 1 heterocycles. The molecule has 0 aliphatic heterocycles. The van der Waals surface area contributed by atoms with Crippen molar-refractivity contribution in [3.05, 3.63) is 12.1 Å². The molecule has 2 rings (SSSR count). The summed E-state index contributed by atoms with van der Waals surface area (Å²) in [6.07, 6.45) is 3.94. The first-order chi connectivity index (χ1) is 8.13. The summed E-state index contributed by atoms with van der Waals surface area (Å²) in [5.41, 5.74) is 6.81. The molecule has 0 atom stereocenters. The molecular weight excluding hydrogens is 214 g/mol. The molecule has 1 aliphatic rings. The zero-order chi connectivity index (χ0) is 12.3. The Hall–Kier alpha value is -1.45. The van der Waals surface area contributed by atoms with Crippen LogP contribution in [0.1, 0.15) is 33.1 Å². The van der Waals surface area contributed by atoms with Gasteiger partial charge in [0.25, 0.3) is 0 Å². The van der Waals surface area contributed by atoms with Crippen molar-refractivity contribution in [2.45, 2.75) is 33.1 Å². The van der Waals surface area contributed by atoms with Gasteiger partial charge in [0.1, 0.15) is 5.82 Å². The average molecular weight is 235 g/mol. The van der Waals surface area contributed by atoms with Gasteiger partial charge in [0, 0.05) is 6.54 Å². The SMILES string of the molecule is CCOc1nc(NCC2(C)CCC2)ccc1N. The number of rotatable bonds is 5. The summed E-state index contributed by atoms with van der Waals surface area (Å²) in [7, 11) is 0. The summed E-state index contributed by atoms with van der Waals surface area (Å²) in [5, 5.41) is 3.37. The molecule has 1 aromatic heterocycles. The molecule has 0 bridgehead atoms. The number of ether oxygens (including phenoxy) is 1. The molecule has 0 saturated heterocycles. The van der Waals surface area contributed by atoms with Gasteiger partial charge in [-0.15, -0.1) is 0 Å². The minimum absolute atomic E-state index is 0.439. The van der Waals surface area contributed by atoms with Gasteiger partial charge in [-0.3, -0.25) is 0 Å². The Morgan fingerprint density at radius 3 is 2.82 bits per heavy atom. The fraction of sp³-hybridized carbons (Fsp3) is 0.615. The van der Waals surface area contributed by atoms with Crippen molar-refractivity contribution < 1.29 is 4.74 Å². The Bertz CT molecular complexity index is 388. The first kappa shape index (κ1) is 12.0. The third-order valence-corrected chi connectivity index (χ3v) is 3.43. The van der Waals surface area contributed by atoms with E-state index in [0.29, 0.717) is 23.6 Å². The summed E-state index contributed by atoms with van der Waals surface area (Å²) >= 11 is 0. The molecule has 1 aromatic rings.